The van der Waals surface area contributed by atoms with E-state index in [-0.39, 0.29) is 5.91 Å². The fourth-order valence-corrected chi connectivity index (χ4v) is 4.37. The van der Waals surface area contributed by atoms with Crippen molar-refractivity contribution >= 4 is 5.91 Å². The number of hydrogen-bond donors (Lipinski definition) is 1. The Labute approximate surface area is 186 Å². The maximum Gasteiger partial charge on any atom is 0.219 e. The molecule has 0 spiro atoms. The fourth-order valence-electron chi connectivity index (χ4n) is 4.37. The summed E-state index contributed by atoms with van der Waals surface area (Å²) < 4.78 is 11.4. The Hall–Kier alpha value is -1.87. The van der Waals surface area contributed by atoms with Crippen molar-refractivity contribution < 1.29 is 19.4 Å². The van der Waals surface area contributed by atoms with Gasteiger partial charge in [-0.3, -0.25) is 14.6 Å². The summed E-state index contributed by atoms with van der Waals surface area (Å²) in [6.45, 7) is 9.19. The van der Waals surface area contributed by atoms with E-state index >= 15 is 0 Å². The van der Waals surface area contributed by atoms with Crippen LogP contribution in [-0.4, -0.2) is 116 Å². The predicted octanol–water partition coefficient (Wildman–Crippen LogP) is 0.737. The molecule has 0 bridgehead atoms. The van der Waals surface area contributed by atoms with Crippen molar-refractivity contribution in [1.82, 2.24) is 19.6 Å². The molecule has 0 saturated carbocycles. The van der Waals surface area contributed by atoms with E-state index in [9.17, 15) is 9.90 Å². The van der Waals surface area contributed by atoms with Gasteiger partial charge in [0.25, 0.3) is 0 Å². The van der Waals surface area contributed by atoms with Gasteiger partial charge in [0.05, 0.1) is 12.7 Å². The number of likely N-dealkylation sites (tertiary alicyclic amines) is 1. The number of rotatable bonds is 9. The van der Waals surface area contributed by atoms with E-state index < -0.39 is 5.60 Å². The first-order chi connectivity index (χ1) is 14.8. The smallest absolute Gasteiger partial charge is 0.219 e. The zero-order valence-corrected chi connectivity index (χ0v) is 19.5. The van der Waals surface area contributed by atoms with Gasteiger partial charge in [-0.15, -0.1) is 0 Å². The number of piperazine rings is 1. The van der Waals surface area contributed by atoms with Crippen LogP contribution in [0.25, 0.3) is 0 Å². The lowest BCUT2D eigenvalue weighted by molar-refractivity contribution is -0.130. The highest BCUT2D eigenvalue weighted by Crippen LogP contribution is 2.30. The molecule has 174 valence electrons. The Kier molecular flexibility index (Phi) is 8.16. The Balaban J connectivity index is 1.50. The van der Waals surface area contributed by atoms with Crippen LogP contribution in [0.3, 0.4) is 0 Å². The second-order valence-electron chi connectivity index (χ2n) is 9.10. The average Bonchev–Trinajstić information content (AvgIpc) is 3.09. The Bertz CT molecular complexity index is 736. The number of amides is 1. The van der Waals surface area contributed by atoms with E-state index in [1.54, 1.807) is 14.0 Å². The number of carbonyl (C=O) groups is 1. The minimum absolute atomic E-state index is 0.134. The molecule has 0 radical (unpaired) electrons. The third-order valence-electron chi connectivity index (χ3n) is 6.18. The SMILES string of the molecule is COc1cc(CN2CC[C@](O)(CN3CCN(C(C)=O)CC3)C2)ccc1OCCN(C)C. The van der Waals surface area contributed by atoms with Crippen molar-refractivity contribution in [2.45, 2.75) is 25.5 Å². The van der Waals surface area contributed by atoms with E-state index in [0.717, 1.165) is 69.3 Å². The minimum atomic E-state index is -0.697. The molecular weight excluding hydrogens is 396 g/mol. The third-order valence-corrected chi connectivity index (χ3v) is 6.18. The zero-order chi connectivity index (χ0) is 22.4. The number of methoxy groups -OCH3 is 1. The highest BCUT2D eigenvalue weighted by molar-refractivity contribution is 5.73. The first-order valence-electron chi connectivity index (χ1n) is 11.1. The lowest BCUT2D eigenvalue weighted by Gasteiger charge is -2.38. The molecule has 2 aliphatic rings. The maximum absolute atomic E-state index is 11.5. The summed E-state index contributed by atoms with van der Waals surface area (Å²) in [5.74, 6) is 1.64. The number of carbonyl (C=O) groups excluding carboxylic acids is 1. The van der Waals surface area contributed by atoms with Crippen molar-refractivity contribution in [1.29, 1.82) is 0 Å². The van der Waals surface area contributed by atoms with Crippen LogP contribution in [0.5, 0.6) is 11.5 Å². The normalized spacial score (nSPS) is 22.8. The Morgan fingerprint density at radius 3 is 2.52 bits per heavy atom. The van der Waals surface area contributed by atoms with E-state index in [2.05, 4.69) is 20.8 Å². The quantitative estimate of drug-likeness (QED) is 0.615. The van der Waals surface area contributed by atoms with Crippen LogP contribution in [0.2, 0.25) is 0 Å². The van der Waals surface area contributed by atoms with Crippen molar-refractivity contribution in [3.63, 3.8) is 0 Å². The van der Waals surface area contributed by atoms with Gasteiger partial charge in [-0.1, -0.05) is 6.07 Å². The van der Waals surface area contributed by atoms with Gasteiger partial charge in [-0.05, 0) is 38.2 Å². The topological polar surface area (TPSA) is 68.7 Å². The molecule has 2 heterocycles. The first kappa shape index (κ1) is 23.8. The Morgan fingerprint density at radius 1 is 1.13 bits per heavy atom. The predicted molar refractivity (Wildman–Crippen MR) is 121 cm³/mol. The number of aliphatic hydroxyl groups is 1. The van der Waals surface area contributed by atoms with Crippen molar-refractivity contribution in [3.8, 4) is 11.5 Å². The van der Waals surface area contributed by atoms with Gasteiger partial charge in [0.15, 0.2) is 11.5 Å². The van der Waals surface area contributed by atoms with Crippen LogP contribution >= 0.6 is 0 Å². The summed E-state index contributed by atoms with van der Waals surface area (Å²) in [7, 11) is 5.71. The van der Waals surface area contributed by atoms with Crippen LogP contribution in [0.15, 0.2) is 18.2 Å². The first-order valence-corrected chi connectivity index (χ1v) is 11.1. The van der Waals surface area contributed by atoms with Gasteiger partial charge in [-0.25, -0.2) is 0 Å². The molecule has 31 heavy (non-hydrogen) atoms. The van der Waals surface area contributed by atoms with E-state index in [1.165, 1.54) is 0 Å². The summed E-state index contributed by atoms with van der Waals surface area (Å²) in [5, 5.41) is 11.1. The monoisotopic (exact) mass is 434 g/mol. The van der Waals surface area contributed by atoms with E-state index in [4.69, 9.17) is 9.47 Å². The number of likely N-dealkylation sites (N-methyl/N-ethyl adjacent to an activating group) is 1. The number of benzene rings is 1. The molecule has 2 saturated heterocycles. The lowest BCUT2D eigenvalue weighted by Crippen LogP contribution is -2.53. The molecule has 0 aromatic heterocycles. The molecule has 1 aromatic rings. The standard InChI is InChI=1S/C23H38N4O4/c1-19(28)27-11-9-25(10-12-27)17-23(29)7-8-26(18-23)16-20-5-6-21(22(15-20)30-4)31-14-13-24(2)3/h5-6,15,29H,7-14,16-18H2,1-4H3/t23-/m0/s1. The van der Waals surface area contributed by atoms with Gasteiger partial charge in [0.1, 0.15) is 6.61 Å². The van der Waals surface area contributed by atoms with Crippen molar-refractivity contribution in [2.75, 3.05) is 80.2 Å². The number of β-amino-alcohol motifs (C(OH)–C–C–N with tert-alkyl or cyclic N) is 1. The Morgan fingerprint density at radius 2 is 1.87 bits per heavy atom. The fraction of sp³-hybridized carbons (Fsp3) is 0.696. The van der Waals surface area contributed by atoms with Crippen LogP contribution in [0.1, 0.15) is 18.9 Å². The van der Waals surface area contributed by atoms with Crippen LogP contribution in [-0.2, 0) is 11.3 Å². The van der Waals surface area contributed by atoms with E-state index in [1.807, 2.05) is 31.1 Å². The van der Waals surface area contributed by atoms with Gasteiger partial charge >= 0.3 is 0 Å². The second-order valence-corrected chi connectivity index (χ2v) is 9.10. The molecule has 1 amide bonds. The second kappa shape index (κ2) is 10.6. The summed E-state index contributed by atoms with van der Waals surface area (Å²) in [6.07, 6.45) is 0.767. The lowest BCUT2D eigenvalue weighted by atomic mass is 10.0. The number of ether oxygens (including phenoxy) is 2. The van der Waals surface area contributed by atoms with Crippen LogP contribution < -0.4 is 9.47 Å². The number of nitrogens with zero attached hydrogens (tertiary/aromatic N) is 4. The van der Waals surface area contributed by atoms with Gasteiger partial charge in [-0.2, -0.15) is 0 Å². The highest BCUT2D eigenvalue weighted by Gasteiger charge is 2.38. The summed E-state index contributed by atoms with van der Waals surface area (Å²) in [6, 6.07) is 6.08. The molecule has 1 aromatic carbocycles. The van der Waals surface area contributed by atoms with Gasteiger partial charge in [0.2, 0.25) is 5.91 Å². The molecule has 1 atom stereocenters. The minimum Gasteiger partial charge on any atom is -0.493 e. The van der Waals surface area contributed by atoms with Crippen LogP contribution in [0.4, 0.5) is 0 Å². The van der Waals surface area contributed by atoms with Crippen LogP contribution in [0, 0.1) is 0 Å². The van der Waals surface area contributed by atoms with Crippen molar-refractivity contribution in [3.05, 3.63) is 23.8 Å². The third kappa shape index (κ3) is 6.80. The molecule has 0 aliphatic carbocycles. The zero-order valence-electron chi connectivity index (χ0n) is 19.5. The highest BCUT2D eigenvalue weighted by atomic mass is 16.5. The molecule has 0 unspecified atom stereocenters. The molecule has 2 fully saturated rings. The molecule has 2 aliphatic heterocycles. The summed E-state index contributed by atoms with van der Waals surface area (Å²) in [4.78, 5) is 20.0. The molecule has 8 heteroatoms. The van der Waals surface area contributed by atoms with Gasteiger partial charge < -0.3 is 24.4 Å². The molecule has 8 nitrogen and oxygen atoms in total. The molecular formula is C23H38N4O4. The summed E-state index contributed by atoms with van der Waals surface area (Å²) >= 11 is 0. The summed E-state index contributed by atoms with van der Waals surface area (Å²) in [5.41, 5.74) is 0.452. The molecule has 1 N–H and O–H groups in total. The average molecular weight is 435 g/mol. The largest absolute Gasteiger partial charge is 0.493 e. The van der Waals surface area contributed by atoms with Crippen molar-refractivity contribution in [2.24, 2.45) is 0 Å². The van der Waals surface area contributed by atoms with Gasteiger partial charge in [0, 0.05) is 65.8 Å². The molecule has 3 rings (SSSR count). The van der Waals surface area contributed by atoms with E-state index in [0.29, 0.717) is 19.7 Å². The maximum atomic E-state index is 11.5. The number of hydrogen-bond acceptors (Lipinski definition) is 7.